The van der Waals surface area contributed by atoms with E-state index < -0.39 is 0 Å². The maximum absolute atomic E-state index is 13.8. The Morgan fingerprint density at radius 1 is 0.857 bits per heavy atom. The molecule has 0 bridgehead atoms. The minimum atomic E-state index is -0.175. The summed E-state index contributed by atoms with van der Waals surface area (Å²) in [6, 6.07) is 27.6. The van der Waals surface area contributed by atoms with Gasteiger partial charge in [0.2, 0.25) is 11.3 Å². The van der Waals surface area contributed by atoms with E-state index >= 15 is 0 Å². The zero-order valence-corrected chi connectivity index (χ0v) is 20.4. The van der Waals surface area contributed by atoms with Gasteiger partial charge in [0.05, 0.1) is 24.3 Å². The number of amides is 1. The van der Waals surface area contributed by atoms with E-state index in [1.54, 1.807) is 10.7 Å². The molecule has 0 fully saturated rings. The van der Waals surface area contributed by atoms with Gasteiger partial charge >= 0.3 is 0 Å². The fourth-order valence-corrected chi connectivity index (χ4v) is 4.46. The predicted molar refractivity (Wildman–Crippen MR) is 140 cm³/mol. The van der Waals surface area contributed by atoms with Gasteiger partial charge in [-0.1, -0.05) is 72.8 Å². The van der Waals surface area contributed by atoms with Crippen LogP contribution in [0.3, 0.4) is 0 Å². The Bertz CT molecular complexity index is 1260. The predicted octanol–water partition coefficient (Wildman–Crippen LogP) is 4.36. The molecule has 1 aromatic heterocycles. The molecule has 6 nitrogen and oxygen atoms in total. The van der Waals surface area contributed by atoms with Crippen molar-refractivity contribution in [3.8, 4) is 0 Å². The molecule has 0 spiro atoms. The number of aromatic nitrogens is 2. The molecule has 0 aliphatic rings. The van der Waals surface area contributed by atoms with Crippen LogP contribution in [-0.4, -0.2) is 52.7 Å². The van der Waals surface area contributed by atoms with Gasteiger partial charge in [-0.2, -0.15) is 5.10 Å². The lowest BCUT2D eigenvalue weighted by Gasteiger charge is -2.33. The lowest BCUT2D eigenvalue weighted by atomic mass is 9.96. The van der Waals surface area contributed by atoms with Crippen molar-refractivity contribution in [2.75, 3.05) is 27.2 Å². The number of aryl methyl sites for hydroxylation is 1. The van der Waals surface area contributed by atoms with E-state index in [0.29, 0.717) is 18.5 Å². The van der Waals surface area contributed by atoms with Crippen molar-refractivity contribution in [3.05, 3.63) is 112 Å². The third-order valence-electron chi connectivity index (χ3n) is 6.17. The van der Waals surface area contributed by atoms with Crippen molar-refractivity contribution in [1.29, 1.82) is 0 Å². The topological polar surface area (TPSA) is 58.4 Å². The molecule has 3 aromatic carbocycles. The Balaban J connectivity index is 1.64. The van der Waals surface area contributed by atoms with E-state index in [2.05, 4.69) is 34.3 Å². The van der Waals surface area contributed by atoms with Crippen molar-refractivity contribution in [2.45, 2.75) is 25.4 Å². The van der Waals surface area contributed by atoms with E-state index in [-0.39, 0.29) is 23.8 Å². The molecule has 35 heavy (non-hydrogen) atoms. The monoisotopic (exact) mass is 468 g/mol. The van der Waals surface area contributed by atoms with Crippen LogP contribution >= 0.6 is 0 Å². The molecule has 0 atom stereocenters. The number of carbonyl (C=O) groups is 1. The largest absolute Gasteiger partial charge is 0.331 e. The van der Waals surface area contributed by atoms with Crippen LogP contribution in [0.4, 0.5) is 0 Å². The third-order valence-corrected chi connectivity index (χ3v) is 6.17. The molecule has 1 heterocycles. The van der Waals surface area contributed by atoms with Crippen molar-refractivity contribution in [2.24, 2.45) is 0 Å². The first-order valence-electron chi connectivity index (χ1n) is 12.0. The SMILES string of the molecule is CN(C)CCCN(C(=O)CCn1ncc(=O)c2ccccc21)C(c1ccccc1)c1ccccc1. The highest BCUT2D eigenvalue weighted by Crippen LogP contribution is 2.29. The van der Waals surface area contributed by atoms with Crippen LogP contribution in [0.25, 0.3) is 10.9 Å². The second-order valence-electron chi connectivity index (χ2n) is 8.97. The van der Waals surface area contributed by atoms with E-state index in [1.807, 2.05) is 73.6 Å². The van der Waals surface area contributed by atoms with Crippen molar-refractivity contribution in [3.63, 3.8) is 0 Å². The van der Waals surface area contributed by atoms with E-state index in [1.165, 1.54) is 6.20 Å². The summed E-state index contributed by atoms with van der Waals surface area (Å²) in [6.07, 6.45) is 2.49. The van der Waals surface area contributed by atoms with Gasteiger partial charge in [-0.25, -0.2) is 0 Å². The highest BCUT2D eigenvalue weighted by Gasteiger charge is 2.26. The molecule has 180 valence electrons. The summed E-state index contributed by atoms with van der Waals surface area (Å²) in [5.41, 5.74) is 2.81. The average molecular weight is 469 g/mol. The zero-order valence-electron chi connectivity index (χ0n) is 20.4. The molecular weight excluding hydrogens is 436 g/mol. The summed E-state index contributed by atoms with van der Waals surface area (Å²) in [4.78, 5) is 30.1. The first-order valence-corrected chi connectivity index (χ1v) is 12.0. The number of carbonyl (C=O) groups excluding carboxylic acids is 1. The van der Waals surface area contributed by atoms with Gasteiger partial charge in [0.1, 0.15) is 0 Å². The molecule has 0 unspecified atom stereocenters. The Kier molecular flexibility index (Phi) is 8.06. The first-order chi connectivity index (χ1) is 17.0. The van der Waals surface area contributed by atoms with Crippen LogP contribution in [0.2, 0.25) is 0 Å². The molecule has 4 aromatic rings. The summed E-state index contributed by atoms with van der Waals surface area (Å²) in [6.45, 7) is 1.94. The molecule has 0 aliphatic carbocycles. The maximum atomic E-state index is 13.8. The number of benzene rings is 3. The van der Waals surface area contributed by atoms with Gasteiger partial charge in [-0.15, -0.1) is 0 Å². The van der Waals surface area contributed by atoms with Crippen LogP contribution in [0.1, 0.15) is 30.0 Å². The van der Waals surface area contributed by atoms with Gasteiger partial charge in [-0.3, -0.25) is 14.3 Å². The molecule has 0 saturated heterocycles. The molecule has 0 aliphatic heterocycles. The van der Waals surface area contributed by atoms with Crippen molar-refractivity contribution in [1.82, 2.24) is 19.6 Å². The van der Waals surface area contributed by atoms with E-state index in [0.717, 1.165) is 29.6 Å². The molecule has 0 N–H and O–H groups in total. The van der Waals surface area contributed by atoms with Crippen LogP contribution in [0.15, 0.2) is 95.9 Å². The Labute approximate surface area is 206 Å². The Morgan fingerprint density at radius 3 is 2.09 bits per heavy atom. The lowest BCUT2D eigenvalue weighted by Crippen LogP contribution is -2.38. The number of hydrogen-bond donors (Lipinski definition) is 0. The van der Waals surface area contributed by atoms with Gasteiger partial charge < -0.3 is 9.80 Å². The van der Waals surface area contributed by atoms with Crippen LogP contribution in [-0.2, 0) is 11.3 Å². The molecular formula is C29H32N4O2. The number of hydrogen-bond acceptors (Lipinski definition) is 4. The van der Waals surface area contributed by atoms with Crippen molar-refractivity contribution < 1.29 is 4.79 Å². The van der Waals surface area contributed by atoms with Gasteiger partial charge in [0.15, 0.2) is 0 Å². The summed E-state index contributed by atoms with van der Waals surface area (Å²) < 4.78 is 1.76. The fourth-order valence-electron chi connectivity index (χ4n) is 4.46. The zero-order chi connectivity index (χ0) is 24.6. The standard InChI is InChI=1S/C29H32N4O2/c1-31(2)19-11-20-32(29(23-12-5-3-6-13-23)24-14-7-4-8-15-24)28(35)18-21-33-26-17-10-9-16-25(26)27(34)22-30-33/h3-10,12-17,22,29H,11,18-21H2,1-2H3. The molecule has 4 rings (SSSR count). The smallest absolute Gasteiger partial charge is 0.225 e. The second-order valence-corrected chi connectivity index (χ2v) is 8.97. The summed E-state index contributed by atoms with van der Waals surface area (Å²) in [5, 5.41) is 4.93. The highest BCUT2D eigenvalue weighted by atomic mass is 16.2. The van der Waals surface area contributed by atoms with Crippen LogP contribution < -0.4 is 5.43 Å². The summed E-state index contributed by atoms with van der Waals surface area (Å²) in [5.74, 6) is 0.0612. The number of fused-ring (bicyclic) bond motifs is 1. The Morgan fingerprint density at radius 2 is 1.46 bits per heavy atom. The summed E-state index contributed by atoms with van der Waals surface area (Å²) >= 11 is 0. The number of rotatable bonds is 10. The fraction of sp³-hybridized carbons (Fsp3) is 0.276. The summed E-state index contributed by atoms with van der Waals surface area (Å²) in [7, 11) is 4.09. The van der Waals surface area contributed by atoms with E-state index in [4.69, 9.17) is 0 Å². The second kappa shape index (κ2) is 11.6. The molecule has 0 radical (unpaired) electrons. The van der Waals surface area contributed by atoms with Crippen molar-refractivity contribution >= 4 is 16.8 Å². The van der Waals surface area contributed by atoms with Crippen LogP contribution in [0, 0.1) is 0 Å². The van der Waals surface area contributed by atoms with Crippen LogP contribution in [0.5, 0.6) is 0 Å². The van der Waals surface area contributed by atoms with Gasteiger partial charge in [0, 0.05) is 18.4 Å². The number of nitrogens with zero attached hydrogens (tertiary/aromatic N) is 4. The first kappa shape index (κ1) is 24.4. The quantitative estimate of drug-likeness (QED) is 0.347. The van der Waals surface area contributed by atoms with Gasteiger partial charge in [0.25, 0.3) is 0 Å². The minimum absolute atomic E-state index is 0.0612. The normalized spacial score (nSPS) is 11.3. The highest BCUT2D eigenvalue weighted by molar-refractivity contribution is 5.79. The Hall–Kier alpha value is -3.77. The minimum Gasteiger partial charge on any atom is -0.331 e. The molecule has 0 saturated carbocycles. The lowest BCUT2D eigenvalue weighted by molar-refractivity contribution is -0.133. The third kappa shape index (κ3) is 6.03. The maximum Gasteiger partial charge on any atom is 0.225 e. The van der Waals surface area contributed by atoms with Gasteiger partial charge in [-0.05, 0) is 50.3 Å². The molecule has 6 heteroatoms. The number of para-hydroxylation sites is 1. The molecule has 1 amide bonds. The average Bonchev–Trinajstić information content (AvgIpc) is 2.89. The van der Waals surface area contributed by atoms with E-state index in [9.17, 15) is 9.59 Å².